The normalized spacial score (nSPS) is 19.1. The third-order valence-corrected chi connectivity index (χ3v) is 4.17. The van der Waals surface area contributed by atoms with Gasteiger partial charge in [0.2, 0.25) is 0 Å². The fourth-order valence-electron chi connectivity index (χ4n) is 2.07. The van der Waals surface area contributed by atoms with Crippen LogP contribution in [0.15, 0.2) is 30.3 Å². The molecule has 0 aromatic heterocycles. The summed E-state index contributed by atoms with van der Waals surface area (Å²) in [6.45, 7) is 0.892. The molecule has 0 saturated carbocycles. The van der Waals surface area contributed by atoms with Crippen LogP contribution in [0.1, 0.15) is 24.0 Å². The highest BCUT2D eigenvalue weighted by Gasteiger charge is 2.15. The molecular formula is C15H18O3S. The van der Waals surface area contributed by atoms with E-state index in [0.717, 1.165) is 30.1 Å². The van der Waals surface area contributed by atoms with Gasteiger partial charge in [0.1, 0.15) is 0 Å². The Morgan fingerprint density at radius 3 is 3.05 bits per heavy atom. The molecule has 4 heteroatoms. The number of aliphatic carboxylic acids is 1. The lowest BCUT2D eigenvalue weighted by Gasteiger charge is -2.10. The molecule has 102 valence electrons. The summed E-state index contributed by atoms with van der Waals surface area (Å²) in [6.07, 6.45) is 5.57. The second-order valence-electron chi connectivity index (χ2n) is 4.52. The number of rotatable bonds is 6. The maximum atomic E-state index is 10.6. The average molecular weight is 278 g/mol. The van der Waals surface area contributed by atoms with Crippen molar-refractivity contribution in [3.63, 3.8) is 0 Å². The number of benzene rings is 1. The Bertz CT molecular complexity index is 450. The molecule has 1 aromatic rings. The molecule has 1 fully saturated rings. The van der Waals surface area contributed by atoms with Gasteiger partial charge in [-0.05, 0) is 30.0 Å². The van der Waals surface area contributed by atoms with E-state index in [1.54, 1.807) is 6.08 Å². The summed E-state index contributed by atoms with van der Waals surface area (Å²) in [5, 5.41) is 8.68. The van der Waals surface area contributed by atoms with Crippen molar-refractivity contribution in [2.24, 2.45) is 0 Å². The van der Waals surface area contributed by atoms with Crippen molar-refractivity contribution in [3.8, 4) is 0 Å². The minimum Gasteiger partial charge on any atom is -0.478 e. The third kappa shape index (κ3) is 4.73. The van der Waals surface area contributed by atoms with Crippen molar-refractivity contribution >= 4 is 23.8 Å². The Morgan fingerprint density at radius 1 is 1.47 bits per heavy atom. The highest BCUT2D eigenvalue weighted by molar-refractivity contribution is 7.98. The largest absolute Gasteiger partial charge is 0.478 e. The summed E-state index contributed by atoms with van der Waals surface area (Å²) in [7, 11) is 0. The first-order chi connectivity index (χ1) is 9.25. The van der Waals surface area contributed by atoms with Crippen molar-refractivity contribution < 1.29 is 14.6 Å². The molecule has 1 aromatic carbocycles. The lowest BCUT2D eigenvalue weighted by molar-refractivity contribution is -0.131. The first kappa shape index (κ1) is 14.2. The predicted molar refractivity (Wildman–Crippen MR) is 78.2 cm³/mol. The zero-order valence-electron chi connectivity index (χ0n) is 10.7. The second kappa shape index (κ2) is 7.36. The predicted octanol–water partition coefficient (Wildman–Crippen LogP) is 3.20. The second-order valence-corrected chi connectivity index (χ2v) is 5.55. The summed E-state index contributed by atoms with van der Waals surface area (Å²) >= 11 is 1.85. The Hall–Kier alpha value is -1.26. The molecule has 0 bridgehead atoms. The maximum Gasteiger partial charge on any atom is 0.328 e. The van der Waals surface area contributed by atoms with Gasteiger partial charge < -0.3 is 9.84 Å². The molecule has 1 atom stereocenters. The smallest absolute Gasteiger partial charge is 0.328 e. The zero-order chi connectivity index (χ0) is 13.5. The number of thioether (sulfide) groups is 1. The highest BCUT2D eigenvalue weighted by atomic mass is 32.2. The van der Waals surface area contributed by atoms with E-state index < -0.39 is 5.97 Å². The van der Waals surface area contributed by atoms with Crippen LogP contribution in [0.25, 0.3) is 6.08 Å². The monoisotopic (exact) mass is 278 g/mol. The van der Waals surface area contributed by atoms with E-state index in [2.05, 4.69) is 0 Å². The molecule has 19 heavy (non-hydrogen) atoms. The summed E-state index contributed by atoms with van der Waals surface area (Å²) in [6, 6.07) is 7.90. The van der Waals surface area contributed by atoms with Gasteiger partial charge in [0.25, 0.3) is 0 Å². The summed E-state index contributed by atoms with van der Waals surface area (Å²) < 4.78 is 5.59. The van der Waals surface area contributed by atoms with E-state index >= 15 is 0 Å². The van der Waals surface area contributed by atoms with Crippen LogP contribution >= 0.6 is 11.8 Å². The molecule has 0 aliphatic carbocycles. The third-order valence-electron chi connectivity index (χ3n) is 3.05. The van der Waals surface area contributed by atoms with E-state index in [-0.39, 0.29) is 0 Å². The molecule has 2 rings (SSSR count). The molecule has 0 radical (unpaired) electrons. The number of carbonyl (C=O) groups is 1. The van der Waals surface area contributed by atoms with Crippen LogP contribution in [0.4, 0.5) is 0 Å². The number of carboxylic acids is 1. The minimum absolute atomic E-state index is 0.395. The van der Waals surface area contributed by atoms with Gasteiger partial charge in [-0.25, -0.2) is 4.79 Å². The van der Waals surface area contributed by atoms with E-state index in [4.69, 9.17) is 9.84 Å². The molecule has 1 N–H and O–H groups in total. The fourth-order valence-corrected chi connectivity index (χ4v) is 3.19. The van der Waals surface area contributed by atoms with Crippen molar-refractivity contribution in [3.05, 3.63) is 41.5 Å². The number of carboxylic acid groups (broad SMARTS) is 1. The van der Waals surface area contributed by atoms with Crippen LogP contribution in [0.5, 0.6) is 0 Å². The lowest BCUT2D eigenvalue weighted by Crippen LogP contribution is -2.08. The molecule has 3 nitrogen and oxygen atoms in total. The average Bonchev–Trinajstić information content (AvgIpc) is 2.91. The van der Waals surface area contributed by atoms with Gasteiger partial charge in [-0.2, -0.15) is 11.8 Å². The van der Waals surface area contributed by atoms with Gasteiger partial charge in [-0.15, -0.1) is 0 Å². The van der Waals surface area contributed by atoms with Crippen molar-refractivity contribution in [2.75, 3.05) is 12.4 Å². The van der Waals surface area contributed by atoms with Crippen molar-refractivity contribution in [1.29, 1.82) is 0 Å². The number of ether oxygens (including phenoxy) is 1. The first-order valence-electron chi connectivity index (χ1n) is 6.44. The SMILES string of the molecule is O=C(O)/C=C/c1ccccc1CSCC1CCCO1. The first-order valence-corrected chi connectivity index (χ1v) is 7.59. The van der Waals surface area contributed by atoms with E-state index in [1.165, 1.54) is 18.1 Å². The van der Waals surface area contributed by atoms with Crippen LogP contribution < -0.4 is 0 Å². The van der Waals surface area contributed by atoms with Gasteiger partial charge >= 0.3 is 5.97 Å². The summed E-state index contributed by atoms with van der Waals surface area (Å²) in [5.41, 5.74) is 2.15. The van der Waals surface area contributed by atoms with Crippen molar-refractivity contribution in [1.82, 2.24) is 0 Å². The van der Waals surface area contributed by atoms with E-state index in [0.29, 0.717) is 6.10 Å². The molecule has 0 amide bonds. The van der Waals surface area contributed by atoms with Gasteiger partial charge in [-0.3, -0.25) is 0 Å². The zero-order valence-corrected chi connectivity index (χ0v) is 11.6. The molecule has 1 unspecified atom stereocenters. The Labute approximate surface area is 117 Å². The Kier molecular flexibility index (Phi) is 5.48. The van der Waals surface area contributed by atoms with Gasteiger partial charge in [0, 0.05) is 24.2 Å². The Balaban J connectivity index is 1.89. The van der Waals surface area contributed by atoms with Gasteiger partial charge in [0.15, 0.2) is 0 Å². The molecular weight excluding hydrogens is 260 g/mol. The molecule has 1 heterocycles. The van der Waals surface area contributed by atoms with Crippen LogP contribution in [-0.4, -0.2) is 29.5 Å². The number of hydrogen-bond donors (Lipinski definition) is 1. The molecule has 1 aliphatic rings. The lowest BCUT2D eigenvalue weighted by atomic mass is 10.1. The number of hydrogen-bond acceptors (Lipinski definition) is 3. The molecule has 0 spiro atoms. The van der Waals surface area contributed by atoms with Crippen LogP contribution in [-0.2, 0) is 15.3 Å². The fraction of sp³-hybridized carbons (Fsp3) is 0.400. The molecule has 1 aliphatic heterocycles. The van der Waals surface area contributed by atoms with Gasteiger partial charge in [-0.1, -0.05) is 24.3 Å². The Morgan fingerprint density at radius 2 is 2.32 bits per heavy atom. The van der Waals surface area contributed by atoms with Gasteiger partial charge in [0.05, 0.1) is 6.10 Å². The van der Waals surface area contributed by atoms with Crippen LogP contribution in [0.2, 0.25) is 0 Å². The summed E-state index contributed by atoms with van der Waals surface area (Å²) in [4.78, 5) is 10.6. The van der Waals surface area contributed by atoms with Crippen molar-refractivity contribution in [2.45, 2.75) is 24.7 Å². The van der Waals surface area contributed by atoms with E-state index in [1.807, 2.05) is 36.0 Å². The van der Waals surface area contributed by atoms with Crippen LogP contribution in [0.3, 0.4) is 0 Å². The minimum atomic E-state index is -0.915. The van der Waals surface area contributed by atoms with E-state index in [9.17, 15) is 4.79 Å². The highest BCUT2D eigenvalue weighted by Crippen LogP contribution is 2.22. The molecule has 1 saturated heterocycles. The maximum absolute atomic E-state index is 10.6. The van der Waals surface area contributed by atoms with Crippen LogP contribution in [0, 0.1) is 0 Å². The quantitative estimate of drug-likeness (QED) is 0.812. The standard InChI is InChI=1S/C15H18O3S/c16-15(17)8-7-12-4-1-2-5-13(12)10-19-11-14-6-3-9-18-14/h1-2,4-5,7-8,14H,3,6,9-11H2,(H,16,17)/b8-7+. The topological polar surface area (TPSA) is 46.5 Å². The summed E-state index contributed by atoms with van der Waals surface area (Å²) in [5.74, 6) is 0.985.